The van der Waals surface area contributed by atoms with Crippen LogP contribution in [0.15, 0.2) is 23.1 Å². The lowest BCUT2D eigenvalue weighted by atomic mass is 10.1. The summed E-state index contributed by atoms with van der Waals surface area (Å²) in [6.07, 6.45) is 1.84. The Morgan fingerprint density at radius 3 is 2.53 bits per heavy atom. The number of nitrogens with zero attached hydrogens (tertiary/aromatic N) is 1. The third kappa shape index (κ3) is 1.45. The van der Waals surface area contributed by atoms with Crippen LogP contribution in [0, 0.1) is 13.8 Å². The quantitative estimate of drug-likeness (QED) is 0.671. The number of halogens is 1. The molecule has 0 saturated heterocycles. The number of hydrogen-bond acceptors (Lipinski definition) is 1. The molecule has 0 bridgehead atoms. The molecule has 3 heteroatoms. The summed E-state index contributed by atoms with van der Waals surface area (Å²) in [4.78, 5) is 12.0. The maximum atomic E-state index is 12.0. The highest BCUT2D eigenvalue weighted by molar-refractivity contribution is 6.35. The predicted octanol–water partition coefficient (Wildman–Crippen LogP) is 2.81. The molecule has 1 aromatic carbocycles. The fourth-order valence-corrected chi connectivity index (χ4v) is 2.19. The zero-order valence-electron chi connectivity index (χ0n) is 8.97. The van der Waals surface area contributed by atoms with Gasteiger partial charge in [0.05, 0.1) is 15.9 Å². The Morgan fingerprint density at radius 1 is 1.20 bits per heavy atom. The number of pyridine rings is 1. The summed E-state index contributed by atoms with van der Waals surface area (Å²) in [5.41, 5.74) is 2.72. The highest BCUT2D eigenvalue weighted by atomic mass is 35.5. The smallest absolute Gasteiger partial charge is 0.193 e. The summed E-state index contributed by atoms with van der Waals surface area (Å²) in [7, 11) is 1.93. The van der Waals surface area contributed by atoms with Gasteiger partial charge < -0.3 is 4.57 Å². The Labute approximate surface area is 93.1 Å². The van der Waals surface area contributed by atoms with Crippen molar-refractivity contribution < 1.29 is 0 Å². The Hall–Kier alpha value is -1.28. The highest BCUT2D eigenvalue weighted by Crippen LogP contribution is 2.23. The van der Waals surface area contributed by atoms with Crippen molar-refractivity contribution in [2.24, 2.45) is 7.05 Å². The fraction of sp³-hybridized carbons (Fsp3) is 0.250. The van der Waals surface area contributed by atoms with E-state index in [2.05, 4.69) is 0 Å². The Balaban J connectivity index is 3.16. The molecule has 0 fully saturated rings. The van der Waals surface area contributed by atoms with Crippen LogP contribution in [-0.2, 0) is 7.05 Å². The van der Waals surface area contributed by atoms with Crippen LogP contribution < -0.4 is 5.43 Å². The predicted molar refractivity (Wildman–Crippen MR) is 63.7 cm³/mol. The molecule has 15 heavy (non-hydrogen) atoms. The summed E-state index contributed by atoms with van der Waals surface area (Å²) in [6.45, 7) is 3.79. The van der Waals surface area contributed by atoms with Crippen molar-refractivity contribution in [2.75, 3.05) is 0 Å². The average Bonchev–Trinajstić information content (AvgIpc) is 2.18. The summed E-state index contributed by atoms with van der Waals surface area (Å²) in [5.74, 6) is 0. The van der Waals surface area contributed by atoms with Crippen LogP contribution in [0.1, 0.15) is 11.1 Å². The van der Waals surface area contributed by atoms with Gasteiger partial charge in [-0.15, -0.1) is 0 Å². The molecule has 0 unspecified atom stereocenters. The van der Waals surface area contributed by atoms with E-state index in [1.165, 1.54) is 0 Å². The van der Waals surface area contributed by atoms with Crippen LogP contribution in [0.3, 0.4) is 0 Å². The molecule has 0 atom stereocenters. The molecular formula is C12H12ClNO. The summed E-state index contributed by atoms with van der Waals surface area (Å²) < 4.78 is 1.95. The van der Waals surface area contributed by atoms with Crippen LogP contribution >= 0.6 is 11.6 Å². The first-order valence-corrected chi connectivity index (χ1v) is 5.15. The molecule has 1 heterocycles. The molecule has 0 N–H and O–H groups in total. The van der Waals surface area contributed by atoms with E-state index in [4.69, 9.17) is 11.6 Å². The molecular weight excluding hydrogens is 210 g/mol. The van der Waals surface area contributed by atoms with Gasteiger partial charge >= 0.3 is 0 Å². The van der Waals surface area contributed by atoms with Crippen LogP contribution in [0.25, 0.3) is 10.9 Å². The van der Waals surface area contributed by atoms with Crippen molar-refractivity contribution in [3.05, 3.63) is 44.7 Å². The second kappa shape index (κ2) is 3.38. The molecule has 0 aliphatic rings. The average molecular weight is 222 g/mol. The molecule has 0 amide bonds. The van der Waals surface area contributed by atoms with E-state index < -0.39 is 0 Å². The van der Waals surface area contributed by atoms with Gasteiger partial charge in [-0.1, -0.05) is 17.7 Å². The highest BCUT2D eigenvalue weighted by Gasteiger charge is 2.09. The lowest BCUT2D eigenvalue weighted by Gasteiger charge is -2.10. The molecule has 2 aromatic rings. The van der Waals surface area contributed by atoms with Gasteiger partial charge in [-0.25, -0.2) is 0 Å². The van der Waals surface area contributed by atoms with Crippen molar-refractivity contribution in [1.82, 2.24) is 4.57 Å². The lowest BCUT2D eigenvalue weighted by Crippen LogP contribution is -2.11. The van der Waals surface area contributed by atoms with Crippen molar-refractivity contribution >= 4 is 22.5 Å². The first-order valence-electron chi connectivity index (χ1n) is 4.77. The maximum absolute atomic E-state index is 12.0. The molecule has 1 aromatic heterocycles. The fourth-order valence-electron chi connectivity index (χ4n) is 1.95. The third-order valence-corrected chi connectivity index (χ3v) is 2.97. The SMILES string of the molecule is Cc1cn(C)c2c(C)ccc(Cl)c2c1=O. The second-order valence-corrected chi connectivity index (χ2v) is 4.25. The largest absolute Gasteiger partial charge is 0.350 e. The topological polar surface area (TPSA) is 22.0 Å². The zero-order chi connectivity index (χ0) is 11.2. The summed E-state index contributed by atoms with van der Waals surface area (Å²) in [6, 6.07) is 3.71. The van der Waals surface area contributed by atoms with Gasteiger partial charge in [0.25, 0.3) is 0 Å². The number of hydrogen-bond donors (Lipinski definition) is 0. The van der Waals surface area contributed by atoms with Gasteiger partial charge in [-0.05, 0) is 25.5 Å². The van der Waals surface area contributed by atoms with Gasteiger partial charge in [0.1, 0.15) is 0 Å². The molecule has 0 spiro atoms. The number of benzene rings is 1. The molecule has 0 aliphatic carbocycles. The Morgan fingerprint density at radius 2 is 1.87 bits per heavy atom. The monoisotopic (exact) mass is 221 g/mol. The standard InChI is InChI=1S/C12H12ClNO/c1-7-4-5-9(13)10-11(7)14(3)6-8(2)12(10)15/h4-6H,1-3H3. The minimum atomic E-state index is 0.0248. The van der Waals surface area contributed by atoms with E-state index in [1.54, 1.807) is 13.0 Å². The molecule has 0 saturated carbocycles. The summed E-state index contributed by atoms with van der Waals surface area (Å²) >= 11 is 6.06. The van der Waals surface area contributed by atoms with Crippen LogP contribution in [0.5, 0.6) is 0 Å². The van der Waals surface area contributed by atoms with E-state index in [1.807, 2.05) is 30.8 Å². The van der Waals surface area contributed by atoms with Gasteiger partial charge in [0.15, 0.2) is 5.43 Å². The first-order chi connectivity index (χ1) is 7.02. The number of rotatable bonds is 0. The van der Waals surface area contributed by atoms with Crippen molar-refractivity contribution in [3.8, 4) is 0 Å². The van der Waals surface area contributed by atoms with Gasteiger partial charge in [-0.2, -0.15) is 0 Å². The molecule has 78 valence electrons. The lowest BCUT2D eigenvalue weighted by molar-refractivity contribution is 0.934. The first kappa shape index (κ1) is 10.2. The van der Waals surface area contributed by atoms with Crippen LogP contribution in [0.2, 0.25) is 5.02 Å². The van der Waals surface area contributed by atoms with Crippen LogP contribution in [0.4, 0.5) is 0 Å². The third-order valence-electron chi connectivity index (χ3n) is 2.65. The van der Waals surface area contributed by atoms with E-state index in [9.17, 15) is 4.79 Å². The maximum Gasteiger partial charge on any atom is 0.193 e. The summed E-state index contributed by atoms with van der Waals surface area (Å²) in [5, 5.41) is 1.15. The zero-order valence-corrected chi connectivity index (χ0v) is 9.72. The van der Waals surface area contributed by atoms with E-state index in [0.29, 0.717) is 10.4 Å². The number of aryl methyl sites for hydroxylation is 3. The normalized spacial score (nSPS) is 10.9. The van der Waals surface area contributed by atoms with Gasteiger partial charge in [-0.3, -0.25) is 4.79 Å². The minimum absolute atomic E-state index is 0.0248. The molecule has 2 rings (SSSR count). The minimum Gasteiger partial charge on any atom is -0.350 e. The second-order valence-electron chi connectivity index (χ2n) is 3.84. The number of aromatic nitrogens is 1. The van der Waals surface area contributed by atoms with Gasteiger partial charge in [0, 0.05) is 18.8 Å². The van der Waals surface area contributed by atoms with Crippen molar-refractivity contribution in [1.29, 1.82) is 0 Å². The van der Waals surface area contributed by atoms with Crippen molar-refractivity contribution in [2.45, 2.75) is 13.8 Å². The Bertz CT molecular complexity index is 599. The van der Waals surface area contributed by atoms with Gasteiger partial charge in [0.2, 0.25) is 0 Å². The van der Waals surface area contributed by atoms with Crippen molar-refractivity contribution in [3.63, 3.8) is 0 Å². The Kier molecular flexibility index (Phi) is 2.31. The molecule has 2 nitrogen and oxygen atoms in total. The molecule has 0 aliphatic heterocycles. The number of fused-ring (bicyclic) bond motifs is 1. The van der Waals surface area contributed by atoms with E-state index in [0.717, 1.165) is 16.6 Å². The molecule has 0 radical (unpaired) electrons. The van der Waals surface area contributed by atoms with E-state index in [-0.39, 0.29) is 5.43 Å². The van der Waals surface area contributed by atoms with E-state index >= 15 is 0 Å². The van der Waals surface area contributed by atoms with Crippen LogP contribution in [-0.4, -0.2) is 4.57 Å².